The van der Waals surface area contributed by atoms with Crippen LogP contribution < -0.4 is 15.0 Å². The lowest BCUT2D eigenvalue weighted by Crippen LogP contribution is -2.39. The fourth-order valence-electron chi connectivity index (χ4n) is 2.81. The van der Waals surface area contributed by atoms with Crippen LogP contribution >= 0.6 is 0 Å². The second-order valence-electron chi connectivity index (χ2n) is 7.44. The van der Waals surface area contributed by atoms with E-state index < -0.39 is 11.6 Å². The number of carbonyl (C=O) groups is 2. The van der Waals surface area contributed by atoms with Gasteiger partial charge in [-0.1, -0.05) is 24.9 Å². The standard InChI is InChI=1S/C22H31N3O5/c1-6-8-9-14-25(21(27)23-19-15-16(3)30-24-19)17-10-12-18(13-11-17)29-22(4,5)20(26)28-7-2/h10-13,15H,6-9,14H2,1-5H3,(H,23,24,27). The molecule has 1 heterocycles. The van der Waals surface area contributed by atoms with Gasteiger partial charge in [0.05, 0.1) is 6.61 Å². The second kappa shape index (κ2) is 10.7. The molecule has 0 spiro atoms. The Balaban J connectivity index is 2.13. The zero-order valence-electron chi connectivity index (χ0n) is 18.4. The van der Waals surface area contributed by atoms with Crippen LogP contribution in [0.4, 0.5) is 16.3 Å². The number of nitrogens with one attached hydrogen (secondary N) is 1. The first-order chi connectivity index (χ1) is 14.3. The number of nitrogens with zero attached hydrogens (tertiary/aromatic N) is 2. The molecular formula is C22H31N3O5. The maximum atomic E-state index is 12.8. The summed E-state index contributed by atoms with van der Waals surface area (Å²) in [4.78, 5) is 26.5. The number of hydrogen-bond donors (Lipinski definition) is 1. The number of anilines is 2. The third kappa shape index (κ3) is 6.50. The summed E-state index contributed by atoms with van der Waals surface area (Å²) in [6, 6.07) is 8.41. The molecule has 0 aliphatic carbocycles. The van der Waals surface area contributed by atoms with Gasteiger partial charge in [-0.25, -0.2) is 9.59 Å². The van der Waals surface area contributed by atoms with Crippen molar-refractivity contribution in [3.63, 3.8) is 0 Å². The molecule has 2 aromatic rings. The van der Waals surface area contributed by atoms with Crippen molar-refractivity contribution in [2.75, 3.05) is 23.4 Å². The molecule has 0 unspecified atom stereocenters. The number of amides is 2. The van der Waals surface area contributed by atoms with Crippen LogP contribution in [0, 0.1) is 6.92 Å². The quantitative estimate of drug-likeness (QED) is 0.435. The fraction of sp³-hybridized carbons (Fsp3) is 0.500. The van der Waals surface area contributed by atoms with Gasteiger partial charge in [0.1, 0.15) is 11.5 Å². The molecule has 0 saturated heterocycles. The lowest BCUT2D eigenvalue weighted by atomic mass is 10.1. The predicted octanol–water partition coefficient (Wildman–Crippen LogP) is 4.93. The van der Waals surface area contributed by atoms with Crippen molar-refractivity contribution in [1.82, 2.24) is 5.16 Å². The van der Waals surface area contributed by atoms with E-state index in [1.165, 1.54) is 0 Å². The molecule has 164 valence electrons. The molecule has 1 aromatic carbocycles. The number of aromatic nitrogens is 1. The average Bonchev–Trinajstić information content (AvgIpc) is 3.10. The molecule has 0 bridgehead atoms. The molecule has 0 aliphatic heterocycles. The van der Waals surface area contributed by atoms with E-state index in [0.717, 1.165) is 19.3 Å². The van der Waals surface area contributed by atoms with E-state index >= 15 is 0 Å². The third-order valence-electron chi connectivity index (χ3n) is 4.38. The van der Waals surface area contributed by atoms with E-state index in [-0.39, 0.29) is 12.6 Å². The number of rotatable bonds is 10. The van der Waals surface area contributed by atoms with Crippen molar-refractivity contribution in [1.29, 1.82) is 0 Å². The van der Waals surface area contributed by atoms with Gasteiger partial charge in [0, 0.05) is 18.3 Å². The summed E-state index contributed by atoms with van der Waals surface area (Å²) in [7, 11) is 0. The van der Waals surface area contributed by atoms with Crippen molar-refractivity contribution in [3.05, 3.63) is 36.1 Å². The highest BCUT2D eigenvalue weighted by Gasteiger charge is 2.31. The number of urea groups is 1. The highest BCUT2D eigenvalue weighted by atomic mass is 16.6. The number of unbranched alkanes of at least 4 members (excludes halogenated alkanes) is 2. The summed E-state index contributed by atoms with van der Waals surface area (Å²) in [6.45, 7) is 9.79. The minimum Gasteiger partial charge on any atom is -0.476 e. The van der Waals surface area contributed by atoms with Crippen LogP contribution in [-0.2, 0) is 9.53 Å². The smallest absolute Gasteiger partial charge is 0.349 e. The van der Waals surface area contributed by atoms with Crippen LogP contribution in [0.3, 0.4) is 0 Å². The van der Waals surface area contributed by atoms with Crippen molar-refractivity contribution >= 4 is 23.5 Å². The monoisotopic (exact) mass is 417 g/mol. The van der Waals surface area contributed by atoms with Crippen LogP contribution in [0.25, 0.3) is 0 Å². The van der Waals surface area contributed by atoms with Gasteiger partial charge in [-0.15, -0.1) is 0 Å². The molecule has 0 aliphatic rings. The van der Waals surface area contributed by atoms with E-state index in [1.54, 1.807) is 62.9 Å². The Morgan fingerprint density at radius 3 is 2.43 bits per heavy atom. The zero-order valence-corrected chi connectivity index (χ0v) is 18.4. The topological polar surface area (TPSA) is 93.9 Å². The molecule has 0 radical (unpaired) electrons. The largest absolute Gasteiger partial charge is 0.476 e. The van der Waals surface area contributed by atoms with E-state index in [0.29, 0.717) is 29.6 Å². The number of hydrogen-bond acceptors (Lipinski definition) is 6. The molecular weight excluding hydrogens is 386 g/mol. The Morgan fingerprint density at radius 1 is 1.17 bits per heavy atom. The van der Waals surface area contributed by atoms with Gasteiger partial charge in [0.15, 0.2) is 11.4 Å². The summed E-state index contributed by atoms with van der Waals surface area (Å²) in [5.74, 6) is 1.07. The fourth-order valence-corrected chi connectivity index (χ4v) is 2.81. The molecule has 1 aromatic heterocycles. The number of esters is 1. The van der Waals surface area contributed by atoms with Crippen LogP contribution in [0.2, 0.25) is 0 Å². The van der Waals surface area contributed by atoms with Crippen molar-refractivity contribution in [3.8, 4) is 5.75 Å². The molecule has 1 N–H and O–H groups in total. The maximum Gasteiger partial charge on any atom is 0.349 e. The number of ether oxygens (including phenoxy) is 2. The van der Waals surface area contributed by atoms with Crippen molar-refractivity contribution in [2.45, 2.75) is 59.5 Å². The zero-order chi connectivity index (χ0) is 22.1. The molecule has 0 atom stereocenters. The molecule has 0 saturated carbocycles. The highest BCUT2D eigenvalue weighted by molar-refractivity contribution is 6.01. The van der Waals surface area contributed by atoms with Gasteiger partial charge in [-0.3, -0.25) is 10.2 Å². The van der Waals surface area contributed by atoms with Gasteiger partial charge >= 0.3 is 12.0 Å². The molecule has 8 heteroatoms. The van der Waals surface area contributed by atoms with Crippen molar-refractivity contribution in [2.24, 2.45) is 0 Å². The highest BCUT2D eigenvalue weighted by Crippen LogP contribution is 2.25. The van der Waals surface area contributed by atoms with Crippen LogP contribution in [0.15, 0.2) is 34.9 Å². The summed E-state index contributed by atoms with van der Waals surface area (Å²) in [6.07, 6.45) is 2.94. The van der Waals surface area contributed by atoms with Crippen molar-refractivity contribution < 1.29 is 23.6 Å². The van der Waals surface area contributed by atoms with Gasteiger partial charge in [0.2, 0.25) is 0 Å². The molecule has 2 amide bonds. The first-order valence-electron chi connectivity index (χ1n) is 10.2. The lowest BCUT2D eigenvalue weighted by molar-refractivity contribution is -0.158. The minimum absolute atomic E-state index is 0.289. The Hall–Kier alpha value is -3.03. The number of aryl methyl sites for hydroxylation is 1. The molecule has 0 fully saturated rings. The van der Waals surface area contributed by atoms with E-state index in [9.17, 15) is 9.59 Å². The summed E-state index contributed by atoms with van der Waals surface area (Å²) >= 11 is 0. The van der Waals surface area contributed by atoms with Gasteiger partial charge in [-0.2, -0.15) is 0 Å². The van der Waals surface area contributed by atoms with Crippen LogP contribution in [0.1, 0.15) is 52.7 Å². The van der Waals surface area contributed by atoms with E-state index in [1.807, 2.05) is 0 Å². The molecule has 30 heavy (non-hydrogen) atoms. The third-order valence-corrected chi connectivity index (χ3v) is 4.38. The molecule has 2 rings (SSSR count). The lowest BCUT2D eigenvalue weighted by Gasteiger charge is -2.25. The van der Waals surface area contributed by atoms with Crippen LogP contribution in [0.5, 0.6) is 5.75 Å². The number of carbonyl (C=O) groups excluding carboxylic acids is 2. The SMILES string of the molecule is CCCCCN(C(=O)Nc1cc(C)on1)c1ccc(OC(C)(C)C(=O)OCC)cc1. The predicted molar refractivity (Wildman–Crippen MR) is 115 cm³/mol. The second-order valence-corrected chi connectivity index (χ2v) is 7.44. The van der Waals surface area contributed by atoms with E-state index in [2.05, 4.69) is 17.4 Å². The Morgan fingerprint density at radius 2 is 1.87 bits per heavy atom. The van der Waals surface area contributed by atoms with Gasteiger partial charge in [-0.05, 0) is 58.4 Å². The normalized spacial score (nSPS) is 11.1. The summed E-state index contributed by atoms with van der Waals surface area (Å²) < 4.78 is 15.8. The Bertz CT molecular complexity index is 830. The van der Waals surface area contributed by atoms with Gasteiger partial charge < -0.3 is 14.0 Å². The summed E-state index contributed by atoms with van der Waals surface area (Å²) in [5.41, 5.74) is -0.398. The Kier molecular flexibility index (Phi) is 8.26. The van der Waals surface area contributed by atoms with Gasteiger partial charge in [0.25, 0.3) is 0 Å². The number of benzene rings is 1. The van der Waals surface area contributed by atoms with Crippen LogP contribution in [-0.4, -0.2) is 35.9 Å². The summed E-state index contributed by atoms with van der Waals surface area (Å²) in [5, 5.41) is 6.58. The first kappa shape index (κ1) is 23.3. The maximum absolute atomic E-state index is 12.8. The Labute approximate surface area is 177 Å². The molecule has 8 nitrogen and oxygen atoms in total. The first-order valence-corrected chi connectivity index (χ1v) is 10.2. The van der Waals surface area contributed by atoms with E-state index in [4.69, 9.17) is 14.0 Å². The average molecular weight is 418 g/mol. The minimum atomic E-state index is -1.11.